The van der Waals surface area contributed by atoms with Gasteiger partial charge < -0.3 is 15.0 Å². The molecule has 1 spiro atoms. The smallest absolute Gasteiger partial charge is 0.322 e. The number of aromatic amines is 1. The summed E-state index contributed by atoms with van der Waals surface area (Å²) in [7, 11) is 0. The molecule has 14 heteroatoms. The molecule has 4 aliphatic rings. The molecule has 3 N–H and O–H groups in total. The molecule has 0 unspecified atom stereocenters. The van der Waals surface area contributed by atoms with Crippen LogP contribution in [0.2, 0.25) is 0 Å². The van der Waals surface area contributed by atoms with Gasteiger partial charge in [-0.2, -0.15) is 15.1 Å². The Balaban J connectivity index is 1.26. The first-order chi connectivity index (χ1) is 21.7. The van der Waals surface area contributed by atoms with E-state index in [2.05, 4.69) is 35.7 Å². The third-order valence-corrected chi connectivity index (χ3v) is 10.2. The van der Waals surface area contributed by atoms with Gasteiger partial charge in [0.2, 0.25) is 0 Å². The quantitative estimate of drug-likeness (QED) is 0.287. The Morgan fingerprint density at radius 1 is 1.11 bits per heavy atom. The summed E-state index contributed by atoms with van der Waals surface area (Å²) in [6, 6.07) is 1.39. The average Bonchev–Trinajstić information content (AvgIpc) is 3.76. The number of fused-ring (bicyclic) bond motifs is 3. The van der Waals surface area contributed by atoms with Gasteiger partial charge in [-0.05, 0) is 63.3 Å². The van der Waals surface area contributed by atoms with Crippen LogP contribution in [0.15, 0.2) is 18.5 Å². The number of anilines is 1. The first kappa shape index (κ1) is 28.0. The summed E-state index contributed by atoms with van der Waals surface area (Å²) < 4.78 is 37.5. The molecule has 0 saturated carbocycles. The Hall–Kier alpha value is -4.46. The lowest BCUT2D eigenvalue weighted by Gasteiger charge is -2.39. The monoisotopic (exact) mass is 617 g/mol. The maximum atomic E-state index is 16.8. The molecule has 4 fully saturated rings. The van der Waals surface area contributed by atoms with E-state index in [4.69, 9.17) is 9.72 Å². The van der Waals surface area contributed by atoms with E-state index in [1.807, 2.05) is 24.8 Å². The molecule has 234 valence electrons. The maximum absolute atomic E-state index is 16.8. The summed E-state index contributed by atoms with van der Waals surface area (Å²) in [6.45, 7) is 5.86. The molecule has 0 radical (unpaired) electrons. The molecule has 0 aliphatic carbocycles. The third kappa shape index (κ3) is 4.32. The first-order valence-corrected chi connectivity index (χ1v) is 15.4. The van der Waals surface area contributed by atoms with E-state index in [9.17, 15) is 14.0 Å². The summed E-state index contributed by atoms with van der Waals surface area (Å²) >= 11 is 0. The van der Waals surface area contributed by atoms with Crippen LogP contribution >= 0.6 is 0 Å². The van der Waals surface area contributed by atoms with Crippen LogP contribution in [-0.2, 0) is 4.79 Å². The molecule has 4 aromatic rings. The van der Waals surface area contributed by atoms with Crippen molar-refractivity contribution in [2.24, 2.45) is 0 Å². The molecule has 4 saturated heterocycles. The standard InChI is InChI=1S/C31H33F2N9O3/c1-16-9-21-19(12-35-40-21)22(17(16)2)25-23(33)24-20(11-34-25)26(41-7-4-6-31(14-41)27(43)38-28(44)39-31)37-29(36-24)45-15-30-5-3-8-42(30)13-18(32)10-30/h9,11-12,18H,3-8,10,13-15H2,1-2H3,(H,35,40)(H2,38,39,43,44)/t18-,30+,31-/m1/s1. The molecule has 0 bridgehead atoms. The van der Waals surface area contributed by atoms with Crippen molar-refractivity contribution in [2.45, 2.75) is 63.2 Å². The highest BCUT2D eigenvalue weighted by Gasteiger charge is 2.50. The topological polar surface area (TPSA) is 141 Å². The van der Waals surface area contributed by atoms with Gasteiger partial charge in [0.1, 0.15) is 35.3 Å². The van der Waals surface area contributed by atoms with Crippen molar-refractivity contribution in [2.75, 3.05) is 37.7 Å². The van der Waals surface area contributed by atoms with Crippen LogP contribution in [0.1, 0.15) is 43.2 Å². The summed E-state index contributed by atoms with van der Waals surface area (Å²) in [5, 5.41) is 13.3. The molecule has 45 heavy (non-hydrogen) atoms. The lowest BCUT2D eigenvalue weighted by molar-refractivity contribution is -0.124. The molecule has 7 heterocycles. The number of aryl methyl sites for hydroxylation is 1. The van der Waals surface area contributed by atoms with E-state index in [1.165, 1.54) is 0 Å². The highest BCUT2D eigenvalue weighted by Crippen LogP contribution is 2.42. The lowest BCUT2D eigenvalue weighted by Crippen LogP contribution is -2.58. The van der Waals surface area contributed by atoms with Gasteiger partial charge in [-0.1, -0.05) is 0 Å². The fourth-order valence-corrected chi connectivity index (χ4v) is 7.84. The van der Waals surface area contributed by atoms with Crippen LogP contribution in [0.3, 0.4) is 0 Å². The van der Waals surface area contributed by atoms with Gasteiger partial charge in [0.05, 0.1) is 29.2 Å². The highest BCUT2D eigenvalue weighted by atomic mass is 19.1. The molecular weight excluding hydrogens is 584 g/mol. The number of nitrogens with one attached hydrogen (secondary N) is 3. The van der Waals surface area contributed by atoms with Gasteiger partial charge in [0, 0.05) is 36.7 Å². The van der Waals surface area contributed by atoms with Crippen molar-refractivity contribution in [1.29, 1.82) is 0 Å². The summed E-state index contributed by atoms with van der Waals surface area (Å²) in [5.74, 6) is -0.688. The largest absolute Gasteiger partial charge is 0.461 e. The predicted molar refractivity (Wildman–Crippen MR) is 161 cm³/mol. The number of hydrogen-bond acceptors (Lipinski definition) is 9. The molecule has 8 rings (SSSR count). The van der Waals surface area contributed by atoms with Crippen LogP contribution in [0.25, 0.3) is 33.1 Å². The van der Waals surface area contributed by atoms with Crippen molar-refractivity contribution in [3.8, 4) is 17.3 Å². The van der Waals surface area contributed by atoms with E-state index in [-0.39, 0.29) is 30.4 Å². The van der Waals surface area contributed by atoms with Gasteiger partial charge in [-0.25, -0.2) is 13.6 Å². The Labute approximate surface area is 256 Å². The fourth-order valence-electron chi connectivity index (χ4n) is 7.84. The van der Waals surface area contributed by atoms with Crippen molar-refractivity contribution in [3.05, 3.63) is 35.4 Å². The van der Waals surface area contributed by atoms with Crippen molar-refractivity contribution < 1.29 is 23.1 Å². The Morgan fingerprint density at radius 3 is 2.78 bits per heavy atom. The number of rotatable bonds is 5. The Bertz CT molecular complexity index is 1900. The molecule has 3 atom stereocenters. The van der Waals surface area contributed by atoms with Gasteiger partial charge >= 0.3 is 12.0 Å². The average molecular weight is 618 g/mol. The maximum Gasteiger partial charge on any atom is 0.322 e. The molecule has 3 aromatic heterocycles. The van der Waals surface area contributed by atoms with Crippen molar-refractivity contribution in [3.63, 3.8) is 0 Å². The van der Waals surface area contributed by atoms with E-state index in [0.717, 1.165) is 41.4 Å². The summed E-state index contributed by atoms with van der Waals surface area (Å²) in [6.07, 6.45) is 5.44. The number of H-pyrrole nitrogens is 1. The lowest BCUT2D eigenvalue weighted by atomic mass is 9.89. The van der Waals surface area contributed by atoms with Gasteiger partial charge in [-0.3, -0.25) is 25.1 Å². The van der Waals surface area contributed by atoms with Crippen LogP contribution in [0.5, 0.6) is 6.01 Å². The number of nitrogens with zero attached hydrogens (tertiary/aromatic N) is 6. The second-order valence-electron chi connectivity index (χ2n) is 12.9. The number of aromatic nitrogens is 5. The third-order valence-electron chi connectivity index (χ3n) is 10.2. The number of amides is 3. The molecule has 4 aliphatic heterocycles. The number of piperidine rings is 1. The number of urea groups is 1. The van der Waals surface area contributed by atoms with Gasteiger partial charge in [0.15, 0.2) is 5.82 Å². The van der Waals surface area contributed by atoms with E-state index < -0.39 is 35.0 Å². The number of alkyl halides is 1. The first-order valence-electron chi connectivity index (χ1n) is 15.4. The van der Waals surface area contributed by atoms with Crippen molar-refractivity contribution in [1.82, 2.24) is 40.7 Å². The summed E-state index contributed by atoms with van der Waals surface area (Å²) in [4.78, 5) is 42.9. The normalized spacial score (nSPS) is 26.7. The Morgan fingerprint density at radius 2 is 1.96 bits per heavy atom. The zero-order valence-corrected chi connectivity index (χ0v) is 25.0. The second-order valence-corrected chi connectivity index (χ2v) is 12.9. The minimum Gasteiger partial charge on any atom is -0.461 e. The van der Waals surface area contributed by atoms with Crippen LogP contribution in [0, 0.1) is 19.7 Å². The van der Waals surface area contributed by atoms with Crippen molar-refractivity contribution >= 4 is 39.6 Å². The van der Waals surface area contributed by atoms with Crippen LogP contribution < -0.4 is 20.3 Å². The molecular formula is C31H33F2N9O3. The minimum atomic E-state index is -1.13. The van der Waals surface area contributed by atoms with E-state index >= 15 is 4.39 Å². The fraction of sp³-hybridized carbons (Fsp3) is 0.484. The van der Waals surface area contributed by atoms with E-state index in [0.29, 0.717) is 49.1 Å². The highest BCUT2D eigenvalue weighted by molar-refractivity contribution is 6.07. The zero-order valence-electron chi connectivity index (χ0n) is 25.0. The number of carbonyl (C=O) groups excluding carboxylic acids is 2. The van der Waals surface area contributed by atoms with E-state index in [1.54, 1.807) is 12.4 Å². The molecule has 1 aromatic carbocycles. The number of benzene rings is 1. The molecule has 3 amide bonds. The van der Waals surface area contributed by atoms with Gasteiger partial charge in [0.25, 0.3) is 5.91 Å². The predicted octanol–water partition coefficient (Wildman–Crippen LogP) is 3.46. The Kier molecular flexibility index (Phi) is 6.25. The number of halogens is 2. The number of hydrogen-bond donors (Lipinski definition) is 3. The SMILES string of the molecule is Cc1cc2[nH]ncc2c(-c2ncc3c(N4CCC[C@]5(C4)NC(=O)NC5=O)nc(OC[C@@]45CCCN4C[C@H](F)C5)nc3c2F)c1C. The number of ether oxygens (including phenoxy) is 1. The minimum absolute atomic E-state index is 0.0210. The molecule has 12 nitrogen and oxygen atoms in total. The van der Waals surface area contributed by atoms with Crippen LogP contribution in [0.4, 0.5) is 19.4 Å². The van der Waals surface area contributed by atoms with Gasteiger partial charge in [-0.15, -0.1) is 0 Å². The number of pyridine rings is 1. The zero-order chi connectivity index (χ0) is 31.1. The number of imide groups is 1. The summed E-state index contributed by atoms with van der Waals surface area (Å²) in [5.41, 5.74) is 1.76. The second kappa shape index (κ2) is 10.0. The van der Waals surface area contributed by atoms with Crippen LogP contribution in [-0.4, -0.2) is 92.0 Å². The number of carbonyl (C=O) groups is 2.